The van der Waals surface area contributed by atoms with Crippen molar-refractivity contribution in [2.45, 2.75) is 26.8 Å². The predicted molar refractivity (Wildman–Crippen MR) is 75.1 cm³/mol. The fourth-order valence-corrected chi connectivity index (χ4v) is 1.34. The minimum absolute atomic E-state index is 0. The number of nitrogens with two attached hydrogens (primary N) is 1. The number of hydrogen-bond acceptors (Lipinski definition) is 3. The molecule has 3 N–H and O–H groups in total. The van der Waals surface area contributed by atoms with Gasteiger partial charge >= 0.3 is 0 Å². The number of anilines is 1. The van der Waals surface area contributed by atoms with Crippen LogP contribution in [0.5, 0.6) is 0 Å². The highest BCUT2D eigenvalue weighted by Gasteiger charge is 2.17. The van der Waals surface area contributed by atoms with Gasteiger partial charge in [-0.05, 0) is 25.0 Å². The summed E-state index contributed by atoms with van der Waals surface area (Å²) in [6.07, 6.45) is 0. The zero-order valence-corrected chi connectivity index (χ0v) is 11.6. The lowest BCUT2D eigenvalue weighted by molar-refractivity contribution is -0.118. The van der Waals surface area contributed by atoms with Crippen LogP contribution in [0.1, 0.15) is 31.1 Å². The van der Waals surface area contributed by atoms with Crippen molar-refractivity contribution in [2.24, 2.45) is 11.7 Å². The molecule has 0 fully saturated rings. The molecule has 4 nitrogen and oxygen atoms in total. The van der Waals surface area contributed by atoms with E-state index in [9.17, 15) is 9.59 Å². The molecule has 1 rings (SSSR count). The number of carbonyl (C=O) groups excluding carboxylic acids is 2. The average molecular weight is 271 g/mol. The fraction of sp³-hybridized carbons (Fsp3) is 0.385. The van der Waals surface area contributed by atoms with Crippen molar-refractivity contribution in [3.8, 4) is 0 Å². The van der Waals surface area contributed by atoms with E-state index < -0.39 is 6.04 Å². The highest BCUT2D eigenvalue weighted by molar-refractivity contribution is 5.98. The monoisotopic (exact) mass is 270 g/mol. The van der Waals surface area contributed by atoms with Crippen molar-refractivity contribution >= 4 is 29.8 Å². The third-order valence-corrected chi connectivity index (χ3v) is 2.56. The number of carbonyl (C=O) groups is 2. The lowest BCUT2D eigenvalue weighted by Gasteiger charge is -2.15. The summed E-state index contributed by atoms with van der Waals surface area (Å²) in [7, 11) is 0. The maximum atomic E-state index is 11.7. The van der Waals surface area contributed by atoms with E-state index in [1.807, 2.05) is 13.8 Å². The van der Waals surface area contributed by atoms with Crippen LogP contribution in [0, 0.1) is 5.92 Å². The number of nitrogens with one attached hydrogen (secondary N) is 1. The van der Waals surface area contributed by atoms with Gasteiger partial charge in [-0.2, -0.15) is 0 Å². The van der Waals surface area contributed by atoms with Crippen molar-refractivity contribution in [2.75, 3.05) is 5.32 Å². The van der Waals surface area contributed by atoms with E-state index in [2.05, 4.69) is 5.32 Å². The molecule has 0 aliphatic rings. The molecule has 0 saturated carbocycles. The number of rotatable bonds is 4. The zero-order valence-electron chi connectivity index (χ0n) is 10.8. The Morgan fingerprint density at radius 2 is 1.89 bits per heavy atom. The standard InChI is InChI=1S/C13H18N2O2.ClH/c1-8(2)12(14)13(17)15-11-6-4-5-10(7-11)9(3)16;/h4-8,12H,14H2,1-3H3,(H,15,17);1H. The van der Waals surface area contributed by atoms with Crippen molar-refractivity contribution < 1.29 is 9.59 Å². The highest BCUT2D eigenvalue weighted by Crippen LogP contribution is 2.12. The zero-order chi connectivity index (χ0) is 13.0. The van der Waals surface area contributed by atoms with Crippen LogP contribution in [-0.2, 0) is 4.79 Å². The van der Waals surface area contributed by atoms with E-state index in [1.165, 1.54) is 6.92 Å². The second-order valence-corrected chi connectivity index (χ2v) is 4.40. The minimum atomic E-state index is -0.545. The molecule has 0 bridgehead atoms. The van der Waals surface area contributed by atoms with Gasteiger partial charge in [0.1, 0.15) is 0 Å². The van der Waals surface area contributed by atoms with Crippen LogP contribution in [0.15, 0.2) is 24.3 Å². The van der Waals surface area contributed by atoms with Gasteiger partial charge in [0, 0.05) is 11.3 Å². The SMILES string of the molecule is CC(=O)c1cccc(NC(=O)C(N)C(C)C)c1.Cl. The first-order valence-corrected chi connectivity index (χ1v) is 5.59. The normalized spacial score (nSPS) is 11.6. The smallest absolute Gasteiger partial charge is 0.241 e. The number of amides is 1. The van der Waals surface area contributed by atoms with E-state index in [1.54, 1.807) is 24.3 Å². The van der Waals surface area contributed by atoms with E-state index in [0.717, 1.165) is 0 Å². The van der Waals surface area contributed by atoms with Crippen molar-refractivity contribution in [1.82, 2.24) is 0 Å². The van der Waals surface area contributed by atoms with Crippen LogP contribution in [0.2, 0.25) is 0 Å². The van der Waals surface area contributed by atoms with Crippen LogP contribution in [-0.4, -0.2) is 17.7 Å². The largest absolute Gasteiger partial charge is 0.325 e. The van der Waals surface area contributed by atoms with Crippen molar-refractivity contribution in [3.05, 3.63) is 29.8 Å². The van der Waals surface area contributed by atoms with E-state index in [0.29, 0.717) is 11.3 Å². The molecule has 1 atom stereocenters. The van der Waals surface area contributed by atoms with Crippen LogP contribution >= 0.6 is 12.4 Å². The first-order valence-electron chi connectivity index (χ1n) is 5.59. The number of halogens is 1. The lowest BCUT2D eigenvalue weighted by atomic mass is 10.0. The van der Waals surface area contributed by atoms with Crippen LogP contribution in [0.25, 0.3) is 0 Å². The summed E-state index contributed by atoms with van der Waals surface area (Å²) in [6, 6.07) is 6.27. The van der Waals surface area contributed by atoms with Crippen LogP contribution in [0.4, 0.5) is 5.69 Å². The van der Waals surface area contributed by atoms with Gasteiger partial charge in [0.15, 0.2) is 5.78 Å². The Morgan fingerprint density at radius 3 is 2.39 bits per heavy atom. The molecule has 0 spiro atoms. The molecule has 1 unspecified atom stereocenters. The first-order chi connectivity index (χ1) is 7.91. The topological polar surface area (TPSA) is 72.2 Å². The predicted octanol–water partition coefficient (Wildman–Crippen LogP) is 2.23. The maximum absolute atomic E-state index is 11.7. The molecule has 100 valence electrons. The minimum Gasteiger partial charge on any atom is -0.325 e. The number of Topliss-reactive ketones (excluding diaryl/α,β-unsaturated/α-hetero) is 1. The summed E-state index contributed by atoms with van der Waals surface area (Å²) < 4.78 is 0. The molecule has 0 aliphatic carbocycles. The Morgan fingerprint density at radius 1 is 1.28 bits per heavy atom. The average Bonchev–Trinajstić information content (AvgIpc) is 2.28. The molecule has 18 heavy (non-hydrogen) atoms. The molecule has 5 heteroatoms. The van der Waals surface area contributed by atoms with E-state index in [4.69, 9.17) is 5.73 Å². The van der Waals surface area contributed by atoms with Gasteiger partial charge in [-0.1, -0.05) is 26.0 Å². The number of ketones is 1. The first kappa shape index (κ1) is 16.6. The Hall–Kier alpha value is -1.39. The summed E-state index contributed by atoms with van der Waals surface area (Å²) in [4.78, 5) is 22.9. The second kappa shape index (κ2) is 7.13. The number of benzene rings is 1. The van der Waals surface area contributed by atoms with Crippen LogP contribution < -0.4 is 11.1 Å². The second-order valence-electron chi connectivity index (χ2n) is 4.40. The van der Waals surface area contributed by atoms with Gasteiger partial charge in [-0.3, -0.25) is 9.59 Å². The summed E-state index contributed by atoms with van der Waals surface area (Å²) in [5.74, 6) is -0.194. The molecule has 0 aromatic heterocycles. The molecule has 0 saturated heterocycles. The Bertz CT molecular complexity index is 433. The number of hydrogen-bond donors (Lipinski definition) is 2. The van der Waals surface area contributed by atoms with E-state index in [-0.39, 0.29) is 30.0 Å². The molecule has 0 aliphatic heterocycles. The molecule has 1 amide bonds. The van der Waals surface area contributed by atoms with Gasteiger partial charge in [-0.25, -0.2) is 0 Å². The molecule has 0 heterocycles. The summed E-state index contributed by atoms with van der Waals surface area (Å²) in [6.45, 7) is 5.26. The third-order valence-electron chi connectivity index (χ3n) is 2.56. The quantitative estimate of drug-likeness (QED) is 0.824. The highest BCUT2D eigenvalue weighted by atomic mass is 35.5. The summed E-state index contributed by atoms with van der Waals surface area (Å²) in [5.41, 5.74) is 6.89. The van der Waals surface area contributed by atoms with E-state index >= 15 is 0 Å². The molecule has 0 radical (unpaired) electrons. The maximum Gasteiger partial charge on any atom is 0.241 e. The molecule has 1 aromatic carbocycles. The third kappa shape index (κ3) is 4.47. The van der Waals surface area contributed by atoms with Crippen molar-refractivity contribution in [1.29, 1.82) is 0 Å². The molecule has 1 aromatic rings. The van der Waals surface area contributed by atoms with Gasteiger partial charge in [0.2, 0.25) is 5.91 Å². The lowest BCUT2D eigenvalue weighted by Crippen LogP contribution is -2.39. The molecular formula is C13H19ClN2O2. The van der Waals surface area contributed by atoms with Gasteiger partial charge in [0.25, 0.3) is 0 Å². The Balaban J connectivity index is 0.00000289. The Labute approximate surface area is 113 Å². The van der Waals surface area contributed by atoms with Crippen molar-refractivity contribution in [3.63, 3.8) is 0 Å². The molecular weight excluding hydrogens is 252 g/mol. The van der Waals surface area contributed by atoms with Gasteiger partial charge in [-0.15, -0.1) is 12.4 Å². The Kier molecular flexibility index (Phi) is 6.58. The summed E-state index contributed by atoms with van der Waals surface area (Å²) >= 11 is 0. The van der Waals surface area contributed by atoms with Gasteiger partial charge < -0.3 is 11.1 Å². The summed E-state index contributed by atoms with van der Waals surface area (Å²) in [5, 5.41) is 2.70. The fourth-order valence-electron chi connectivity index (χ4n) is 1.34. The van der Waals surface area contributed by atoms with Crippen LogP contribution in [0.3, 0.4) is 0 Å². The van der Waals surface area contributed by atoms with Gasteiger partial charge in [0.05, 0.1) is 6.04 Å².